The normalized spacial score (nSPS) is 14.5. The Kier molecular flexibility index (Phi) is 8.83. The van der Waals surface area contributed by atoms with Crippen molar-refractivity contribution < 1.29 is 4.79 Å². The van der Waals surface area contributed by atoms with Gasteiger partial charge in [0.2, 0.25) is 5.91 Å². The molecule has 1 saturated heterocycles. The number of para-hydroxylation sites is 2. The lowest BCUT2D eigenvalue weighted by Gasteiger charge is -2.15. The van der Waals surface area contributed by atoms with Crippen LogP contribution in [0.15, 0.2) is 29.3 Å². The lowest BCUT2D eigenvalue weighted by atomic mass is 10.3. The number of nitrogens with one attached hydrogen (secondary N) is 3. The largest absolute Gasteiger partial charge is 0.357 e. The van der Waals surface area contributed by atoms with Gasteiger partial charge >= 0.3 is 0 Å². The Labute approximate surface area is 177 Å². The molecular weight excluding hydrogens is 455 g/mol. The zero-order valence-corrected chi connectivity index (χ0v) is 18.2. The Morgan fingerprint density at radius 2 is 2.19 bits per heavy atom. The molecule has 1 fully saturated rings. The second-order valence-corrected chi connectivity index (χ2v) is 6.48. The second-order valence-electron chi connectivity index (χ2n) is 6.48. The second kappa shape index (κ2) is 11.1. The van der Waals surface area contributed by atoms with Crippen LogP contribution in [0.25, 0.3) is 11.0 Å². The van der Waals surface area contributed by atoms with Crippen LogP contribution in [-0.4, -0.2) is 59.5 Å². The topological polar surface area (TPSA) is 85.4 Å². The highest BCUT2D eigenvalue weighted by Crippen LogP contribution is 2.10. The van der Waals surface area contributed by atoms with Crippen LogP contribution in [0, 0.1) is 0 Å². The van der Waals surface area contributed by atoms with Gasteiger partial charge in [-0.2, -0.15) is 0 Å². The highest BCUT2D eigenvalue weighted by molar-refractivity contribution is 14.0. The van der Waals surface area contributed by atoms with Gasteiger partial charge in [0.1, 0.15) is 5.82 Å². The molecule has 1 aromatic heterocycles. The average Bonchev–Trinajstić information content (AvgIpc) is 3.24. The zero-order valence-electron chi connectivity index (χ0n) is 15.8. The van der Waals surface area contributed by atoms with Crippen LogP contribution < -0.4 is 10.6 Å². The highest BCUT2D eigenvalue weighted by Gasteiger charge is 2.18. The number of benzene rings is 1. The number of hydrogen-bond acceptors (Lipinski definition) is 3. The predicted molar refractivity (Wildman–Crippen MR) is 120 cm³/mol. The summed E-state index contributed by atoms with van der Waals surface area (Å²) in [6.45, 7) is 6.06. The quantitative estimate of drug-likeness (QED) is 0.232. The van der Waals surface area contributed by atoms with Crippen molar-refractivity contribution in [3.63, 3.8) is 0 Å². The molecule has 148 valence electrons. The van der Waals surface area contributed by atoms with E-state index in [-0.39, 0.29) is 29.9 Å². The van der Waals surface area contributed by atoms with Crippen LogP contribution in [-0.2, 0) is 11.2 Å². The molecule has 1 aliphatic rings. The van der Waals surface area contributed by atoms with Gasteiger partial charge in [-0.15, -0.1) is 24.0 Å². The summed E-state index contributed by atoms with van der Waals surface area (Å²) in [5.41, 5.74) is 2.07. The van der Waals surface area contributed by atoms with E-state index in [2.05, 4.69) is 32.5 Å². The molecule has 0 bridgehead atoms. The van der Waals surface area contributed by atoms with Crippen molar-refractivity contribution in [2.45, 2.75) is 32.6 Å². The number of likely N-dealkylation sites (tertiary alicyclic amines) is 1. The fourth-order valence-corrected chi connectivity index (χ4v) is 3.16. The molecule has 3 N–H and O–H groups in total. The minimum Gasteiger partial charge on any atom is -0.357 e. The first-order valence-electron chi connectivity index (χ1n) is 9.50. The van der Waals surface area contributed by atoms with Crippen LogP contribution in [0.2, 0.25) is 0 Å². The van der Waals surface area contributed by atoms with Crippen LogP contribution >= 0.6 is 24.0 Å². The molecule has 7 nitrogen and oxygen atoms in total. The van der Waals surface area contributed by atoms with E-state index in [0.717, 1.165) is 68.3 Å². The summed E-state index contributed by atoms with van der Waals surface area (Å²) in [6.07, 6.45) is 3.40. The summed E-state index contributed by atoms with van der Waals surface area (Å²) in [5, 5.41) is 6.61. The summed E-state index contributed by atoms with van der Waals surface area (Å²) in [6, 6.07) is 8.06. The van der Waals surface area contributed by atoms with Crippen LogP contribution in [0.4, 0.5) is 0 Å². The fraction of sp³-hybridized carbons (Fsp3) is 0.526. The monoisotopic (exact) mass is 484 g/mol. The Morgan fingerprint density at radius 3 is 2.93 bits per heavy atom. The van der Waals surface area contributed by atoms with E-state index in [0.29, 0.717) is 13.0 Å². The van der Waals surface area contributed by atoms with Gasteiger partial charge in [0.15, 0.2) is 5.96 Å². The molecular formula is C19H29IN6O. The summed E-state index contributed by atoms with van der Waals surface area (Å²) >= 11 is 0. The summed E-state index contributed by atoms with van der Waals surface area (Å²) in [7, 11) is 0. The van der Waals surface area contributed by atoms with E-state index in [1.807, 2.05) is 29.2 Å². The molecule has 27 heavy (non-hydrogen) atoms. The van der Waals surface area contributed by atoms with Crippen molar-refractivity contribution in [2.24, 2.45) is 4.99 Å². The number of guanidine groups is 1. The minimum absolute atomic E-state index is 0. The number of nitrogens with zero attached hydrogens (tertiary/aromatic N) is 3. The van der Waals surface area contributed by atoms with Gasteiger partial charge in [0.25, 0.3) is 0 Å². The summed E-state index contributed by atoms with van der Waals surface area (Å²) in [4.78, 5) is 26.1. The first kappa shape index (κ1) is 21.5. The maximum absolute atomic E-state index is 11.6. The molecule has 1 amide bonds. The Balaban J connectivity index is 0.00000261. The molecule has 2 aromatic rings. The van der Waals surface area contributed by atoms with E-state index >= 15 is 0 Å². The molecule has 8 heteroatoms. The Morgan fingerprint density at radius 1 is 1.33 bits per heavy atom. The molecule has 1 aliphatic heterocycles. The predicted octanol–water partition coefficient (Wildman–Crippen LogP) is 2.29. The number of aromatic amines is 1. The van der Waals surface area contributed by atoms with E-state index < -0.39 is 0 Å². The van der Waals surface area contributed by atoms with E-state index in [4.69, 9.17) is 0 Å². The van der Waals surface area contributed by atoms with Crippen molar-refractivity contribution in [1.29, 1.82) is 0 Å². The van der Waals surface area contributed by atoms with Gasteiger partial charge in [0, 0.05) is 45.6 Å². The minimum atomic E-state index is 0. The zero-order chi connectivity index (χ0) is 18.2. The summed E-state index contributed by atoms with van der Waals surface area (Å²) in [5.74, 6) is 2.07. The molecule has 0 atom stereocenters. The van der Waals surface area contributed by atoms with Crippen molar-refractivity contribution in [3.8, 4) is 0 Å². The number of aliphatic imine (C=N–C) groups is 1. The van der Waals surface area contributed by atoms with Crippen molar-refractivity contribution in [2.75, 3.05) is 32.7 Å². The smallest absolute Gasteiger partial charge is 0.222 e. The number of halogens is 1. The first-order chi connectivity index (χ1) is 12.8. The number of fused-ring (bicyclic) bond motifs is 1. The Hall–Kier alpha value is -1.84. The van der Waals surface area contributed by atoms with Crippen LogP contribution in [0.3, 0.4) is 0 Å². The SMILES string of the molecule is CCNC(=NCCCN1CCCC1=O)NCCc1nc2ccccc2[nH]1.I. The van der Waals surface area contributed by atoms with Gasteiger partial charge < -0.3 is 20.5 Å². The van der Waals surface area contributed by atoms with Gasteiger partial charge in [-0.05, 0) is 31.9 Å². The number of aromatic nitrogens is 2. The van der Waals surface area contributed by atoms with Crippen LogP contribution in [0.1, 0.15) is 32.0 Å². The van der Waals surface area contributed by atoms with Crippen LogP contribution in [0.5, 0.6) is 0 Å². The summed E-state index contributed by atoms with van der Waals surface area (Å²) < 4.78 is 0. The lowest BCUT2D eigenvalue weighted by molar-refractivity contribution is -0.127. The number of amides is 1. The molecule has 0 aliphatic carbocycles. The third-order valence-corrected chi connectivity index (χ3v) is 4.46. The molecule has 0 unspecified atom stereocenters. The van der Waals surface area contributed by atoms with Gasteiger partial charge in [0.05, 0.1) is 11.0 Å². The number of imidazole rings is 1. The molecule has 3 rings (SSSR count). The number of rotatable bonds is 8. The number of hydrogen-bond donors (Lipinski definition) is 3. The van der Waals surface area contributed by atoms with Crippen molar-refractivity contribution in [3.05, 3.63) is 30.1 Å². The maximum atomic E-state index is 11.6. The van der Waals surface area contributed by atoms with Gasteiger partial charge in [-0.3, -0.25) is 9.79 Å². The highest BCUT2D eigenvalue weighted by atomic mass is 127. The third-order valence-electron chi connectivity index (χ3n) is 4.46. The van der Waals surface area contributed by atoms with E-state index in [9.17, 15) is 4.79 Å². The average molecular weight is 484 g/mol. The lowest BCUT2D eigenvalue weighted by Crippen LogP contribution is -2.38. The molecule has 0 radical (unpaired) electrons. The van der Waals surface area contributed by atoms with E-state index in [1.54, 1.807) is 0 Å². The molecule has 0 spiro atoms. The number of carbonyl (C=O) groups excluding carboxylic acids is 1. The Bertz CT molecular complexity index is 726. The third kappa shape index (κ3) is 6.37. The van der Waals surface area contributed by atoms with Crippen molar-refractivity contribution >= 4 is 46.9 Å². The molecule has 0 saturated carbocycles. The molecule has 2 heterocycles. The van der Waals surface area contributed by atoms with Gasteiger partial charge in [-0.1, -0.05) is 12.1 Å². The van der Waals surface area contributed by atoms with E-state index in [1.165, 1.54) is 0 Å². The van der Waals surface area contributed by atoms with Gasteiger partial charge in [-0.25, -0.2) is 4.98 Å². The standard InChI is InChI=1S/C19H28N6O.HI/c1-2-20-19(21-11-6-14-25-13-5-9-18(25)26)22-12-10-17-23-15-7-3-4-8-16(15)24-17;/h3-4,7-8H,2,5-6,9-14H2,1H3,(H,23,24)(H2,20,21,22);1H. The maximum Gasteiger partial charge on any atom is 0.222 e. The van der Waals surface area contributed by atoms with Crippen molar-refractivity contribution in [1.82, 2.24) is 25.5 Å². The number of H-pyrrole nitrogens is 1. The number of carbonyl (C=O) groups is 1. The fourth-order valence-electron chi connectivity index (χ4n) is 3.16. The molecule has 1 aromatic carbocycles. The first-order valence-corrected chi connectivity index (χ1v) is 9.50.